The summed E-state index contributed by atoms with van der Waals surface area (Å²) >= 11 is 0. The zero-order chi connectivity index (χ0) is 18.7. The Labute approximate surface area is 154 Å². The van der Waals surface area contributed by atoms with Gasteiger partial charge in [0.25, 0.3) is 5.91 Å². The van der Waals surface area contributed by atoms with Gasteiger partial charge in [-0.2, -0.15) is 0 Å². The van der Waals surface area contributed by atoms with Crippen LogP contribution in [0, 0.1) is 0 Å². The van der Waals surface area contributed by atoms with E-state index < -0.39 is 9.84 Å². The first-order valence-electron chi connectivity index (χ1n) is 8.61. The number of hydrogen-bond acceptors (Lipinski definition) is 5. The van der Waals surface area contributed by atoms with Gasteiger partial charge in [-0.15, -0.1) is 0 Å². The fraction of sp³-hybridized carbons (Fsp3) is 0.368. The lowest BCUT2D eigenvalue weighted by Crippen LogP contribution is -2.37. The lowest BCUT2D eigenvalue weighted by atomic mass is 10.1. The second kappa shape index (κ2) is 7.45. The molecule has 26 heavy (non-hydrogen) atoms. The van der Waals surface area contributed by atoms with Crippen LogP contribution in [-0.2, 0) is 9.84 Å². The van der Waals surface area contributed by atoms with E-state index in [0.717, 1.165) is 5.56 Å². The van der Waals surface area contributed by atoms with Crippen LogP contribution in [0.15, 0.2) is 48.7 Å². The van der Waals surface area contributed by atoms with E-state index >= 15 is 0 Å². The minimum absolute atomic E-state index is 0.0386. The van der Waals surface area contributed by atoms with E-state index in [1.165, 1.54) is 11.1 Å². The maximum atomic E-state index is 12.6. The van der Waals surface area contributed by atoms with Crippen LogP contribution >= 0.6 is 0 Å². The van der Waals surface area contributed by atoms with Crippen LogP contribution in [-0.4, -0.2) is 48.8 Å². The smallest absolute Gasteiger partial charge is 0.255 e. The normalized spacial score (nSPS) is 19.7. The molecule has 2 heterocycles. The Kier molecular flexibility index (Phi) is 5.27. The van der Waals surface area contributed by atoms with Crippen molar-refractivity contribution >= 4 is 21.6 Å². The van der Waals surface area contributed by atoms with Gasteiger partial charge in [0, 0.05) is 25.3 Å². The number of pyridine rings is 1. The highest BCUT2D eigenvalue weighted by atomic mass is 32.2. The molecule has 1 amide bonds. The van der Waals surface area contributed by atoms with E-state index in [1.807, 2.05) is 37.3 Å². The van der Waals surface area contributed by atoms with Crippen molar-refractivity contribution in [3.63, 3.8) is 0 Å². The van der Waals surface area contributed by atoms with Gasteiger partial charge < -0.3 is 10.2 Å². The summed E-state index contributed by atoms with van der Waals surface area (Å²) in [6.07, 6.45) is 2.02. The molecule has 1 aromatic carbocycles. The summed E-state index contributed by atoms with van der Waals surface area (Å²) in [5.74, 6) is 0.663. The van der Waals surface area contributed by atoms with Crippen molar-refractivity contribution in [2.75, 3.05) is 23.9 Å². The zero-order valence-electron chi connectivity index (χ0n) is 14.9. The number of benzene rings is 1. The predicted octanol–water partition coefficient (Wildman–Crippen LogP) is 2.51. The van der Waals surface area contributed by atoms with Gasteiger partial charge in [0.2, 0.25) is 0 Å². The minimum Gasteiger partial charge on any atom is -0.364 e. The van der Waals surface area contributed by atoms with Crippen molar-refractivity contribution in [2.45, 2.75) is 25.4 Å². The van der Waals surface area contributed by atoms with E-state index in [-0.39, 0.29) is 29.5 Å². The largest absolute Gasteiger partial charge is 0.364 e. The van der Waals surface area contributed by atoms with Gasteiger partial charge in [-0.3, -0.25) is 4.79 Å². The van der Waals surface area contributed by atoms with Crippen molar-refractivity contribution in [3.05, 3.63) is 59.8 Å². The molecule has 1 aliphatic heterocycles. The average molecular weight is 373 g/mol. The highest BCUT2D eigenvalue weighted by Gasteiger charge is 2.33. The third-order valence-electron chi connectivity index (χ3n) is 4.75. The number of anilines is 1. The molecular formula is C19H23N3O3S. The van der Waals surface area contributed by atoms with E-state index in [0.29, 0.717) is 17.8 Å². The van der Waals surface area contributed by atoms with Crippen LogP contribution in [0.4, 0.5) is 5.82 Å². The van der Waals surface area contributed by atoms with Crippen LogP contribution in [0.25, 0.3) is 0 Å². The molecule has 1 N–H and O–H groups in total. The summed E-state index contributed by atoms with van der Waals surface area (Å²) < 4.78 is 23.2. The summed E-state index contributed by atoms with van der Waals surface area (Å²) in [7, 11) is -1.37. The second-order valence-electron chi connectivity index (χ2n) is 6.68. The zero-order valence-corrected chi connectivity index (χ0v) is 15.7. The number of nitrogens with one attached hydrogen (secondary N) is 1. The molecule has 6 nitrogen and oxygen atoms in total. The van der Waals surface area contributed by atoms with Gasteiger partial charge in [0.15, 0.2) is 9.84 Å². The predicted molar refractivity (Wildman–Crippen MR) is 102 cm³/mol. The molecule has 7 heteroatoms. The number of amides is 1. The number of nitrogens with zero attached hydrogens (tertiary/aromatic N) is 2. The lowest BCUT2D eigenvalue weighted by molar-refractivity contribution is 0.0747. The van der Waals surface area contributed by atoms with E-state index in [9.17, 15) is 13.2 Å². The van der Waals surface area contributed by atoms with Crippen molar-refractivity contribution in [1.82, 2.24) is 9.88 Å². The molecule has 2 aromatic rings. The van der Waals surface area contributed by atoms with Crippen LogP contribution < -0.4 is 5.32 Å². The lowest BCUT2D eigenvalue weighted by Gasteiger charge is -2.23. The fourth-order valence-electron chi connectivity index (χ4n) is 3.10. The average Bonchev–Trinajstić information content (AvgIpc) is 3.01. The first-order valence-corrected chi connectivity index (χ1v) is 10.4. The maximum absolute atomic E-state index is 12.6. The molecule has 2 atom stereocenters. The molecule has 138 valence electrons. The molecule has 1 saturated heterocycles. The highest BCUT2D eigenvalue weighted by Crippen LogP contribution is 2.20. The van der Waals surface area contributed by atoms with Crippen molar-refractivity contribution < 1.29 is 13.2 Å². The Morgan fingerprint density at radius 1 is 1.23 bits per heavy atom. The number of sulfone groups is 1. The minimum atomic E-state index is -3.02. The molecule has 0 radical (unpaired) electrons. The molecule has 1 aromatic heterocycles. The Balaban J connectivity index is 1.64. The Hall–Kier alpha value is -2.41. The number of carbonyl (C=O) groups excluding carboxylic acids is 1. The standard InChI is InChI=1S/C19H23N3O3S/c1-14(15-6-4-3-5-7-15)21-18-9-8-16(12-20-18)19(23)22(2)17-10-11-26(24,25)13-17/h3-9,12,14,17H,10-11,13H2,1-2H3,(H,20,21). The summed E-state index contributed by atoms with van der Waals surface area (Å²) in [4.78, 5) is 18.4. The van der Waals surface area contributed by atoms with Gasteiger partial charge in [-0.25, -0.2) is 13.4 Å². The Bertz CT molecular complexity index is 867. The molecule has 1 fully saturated rings. The maximum Gasteiger partial charge on any atom is 0.255 e. The Morgan fingerprint density at radius 2 is 1.96 bits per heavy atom. The topological polar surface area (TPSA) is 79.4 Å². The van der Waals surface area contributed by atoms with Gasteiger partial charge in [0.05, 0.1) is 17.1 Å². The van der Waals surface area contributed by atoms with Gasteiger partial charge in [-0.05, 0) is 31.0 Å². The first-order chi connectivity index (χ1) is 12.4. The SMILES string of the molecule is CC(Nc1ccc(C(=O)N(C)C2CCS(=O)(=O)C2)cn1)c1ccccc1. The van der Waals surface area contributed by atoms with Crippen LogP contribution in [0.3, 0.4) is 0 Å². The summed E-state index contributed by atoms with van der Waals surface area (Å²) in [5.41, 5.74) is 1.60. The van der Waals surface area contributed by atoms with Crippen LogP contribution in [0.2, 0.25) is 0 Å². The third-order valence-corrected chi connectivity index (χ3v) is 6.50. The van der Waals surface area contributed by atoms with Gasteiger partial charge in [0.1, 0.15) is 5.82 Å². The number of hydrogen-bond donors (Lipinski definition) is 1. The van der Waals surface area contributed by atoms with E-state index in [1.54, 1.807) is 19.2 Å². The van der Waals surface area contributed by atoms with Crippen molar-refractivity contribution in [1.29, 1.82) is 0 Å². The van der Waals surface area contributed by atoms with Crippen LogP contribution in [0.1, 0.15) is 35.3 Å². The van der Waals surface area contributed by atoms with Crippen molar-refractivity contribution in [2.24, 2.45) is 0 Å². The van der Waals surface area contributed by atoms with Crippen LogP contribution in [0.5, 0.6) is 0 Å². The third kappa shape index (κ3) is 4.22. The monoisotopic (exact) mass is 373 g/mol. The molecule has 0 bridgehead atoms. The van der Waals surface area contributed by atoms with Crippen molar-refractivity contribution in [3.8, 4) is 0 Å². The van der Waals surface area contributed by atoms with E-state index in [2.05, 4.69) is 10.3 Å². The molecule has 1 aliphatic rings. The quantitative estimate of drug-likeness (QED) is 0.871. The molecule has 0 saturated carbocycles. The van der Waals surface area contributed by atoms with Gasteiger partial charge >= 0.3 is 0 Å². The molecule has 3 rings (SSSR count). The molecule has 0 aliphatic carbocycles. The second-order valence-corrected chi connectivity index (χ2v) is 8.91. The number of rotatable bonds is 5. The van der Waals surface area contributed by atoms with Gasteiger partial charge in [-0.1, -0.05) is 30.3 Å². The highest BCUT2D eigenvalue weighted by molar-refractivity contribution is 7.91. The summed E-state index contributed by atoms with van der Waals surface area (Å²) in [6.45, 7) is 2.05. The first kappa shape index (κ1) is 18.4. The number of aromatic nitrogens is 1. The number of carbonyl (C=O) groups is 1. The van der Waals surface area contributed by atoms with E-state index in [4.69, 9.17) is 0 Å². The summed E-state index contributed by atoms with van der Waals surface area (Å²) in [6, 6.07) is 13.4. The molecule has 2 unspecified atom stereocenters. The fourth-order valence-corrected chi connectivity index (χ4v) is 4.88. The summed E-state index contributed by atoms with van der Waals surface area (Å²) in [5, 5.41) is 3.30. The molecule has 0 spiro atoms. The molecular weight excluding hydrogens is 350 g/mol. The Morgan fingerprint density at radius 3 is 2.54 bits per heavy atom.